The average molecular weight is 257 g/mol. The quantitative estimate of drug-likeness (QED) is 0.705. The average Bonchev–Trinajstić information content (AvgIpc) is 3.08. The zero-order chi connectivity index (χ0) is 13.4. The van der Waals surface area contributed by atoms with Crippen LogP contribution in [0.15, 0.2) is 30.9 Å². The first kappa shape index (κ1) is 11.6. The Morgan fingerprint density at radius 1 is 1.32 bits per heavy atom. The lowest BCUT2D eigenvalue weighted by Crippen LogP contribution is -2.14. The Morgan fingerprint density at radius 2 is 2.16 bits per heavy atom. The fourth-order valence-electron chi connectivity index (χ4n) is 2.16. The highest BCUT2D eigenvalue weighted by Gasteiger charge is 2.18. The summed E-state index contributed by atoms with van der Waals surface area (Å²) in [7, 11) is 1.91. The smallest absolute Gasteiger partial charge is 0.163 e. The van der Waals surface area contributed by atoms with Gasteiger partial charge >= 0.3 is 0 Å². The summed E-state index contributed by atoms with van der Waals surface area (Å²) < 4.78 is 5.61. The van der Waals surface area contributed by atoms with Crippen LogP contribution in [0, 0.1) is 6.92 Å². The molecule has 0 aliphatic heterocycles. The Hall–Kier alpha value is -2.44. The van der Waals surface area contributed by atoms with Crippen LogP contribution in [-0.4, -0.2) is 34.3 Å². The molecular weight excluding hydrogens is 242 g/mol. The Kier molecular flexibility index (Phi) is 2.66. The number of nitrogens with zero attached hydrogens (tertiary/aromatic N) is 7. The molecule has 0 aliphatic carbocycles. The summed E-state index contributed by atoms with van der Waals surface area (Å²) in [6, 6.07) is 3.90. The molecule has 0 fully saturated rings. The van der Waals surface area contributed by atoms with Gasteiger partial charge < -0.3 is 0 Å². The maximum absolute atomic E-state index is 4.35. The van der Waals surface area contributed by atoms with E-state index in [0.717, 1.165) is 17.3 Å². The van der Waals surface area contributed by atoms with Crippen molar-refractivity contribution in [2.75, 3.05) is 0 Å². The number of hydrogen-bond acceptors (Lipinski definition) is 4. The summed E-state index contributed by atoms with van der Waals surface area (Å²) in [6.07, 6.45) is 5.37. The molecule has 0 radical (unpaired) electrons. The Balaban J connectivity index is 2.06. The Labute approximate surface area is 110 Å². The van der Waals surface area contributed by atoms with Crippen LogP contribution in [0.25, 0.3) is 5.82 Å². The van der Waals surface area contributed by atoms with E-state index in [4.69, 9.17) is 0 Å². The highest BCUT2D eigenvalue weighted by Crippen LogP contribution is 2.18. The SMILES string of the molecule is Cc1cc(-n2cnnc2[C@H](C)n2cccn2)n(C)n1. The molecule has 0 spiro atoms. The van der Waals surface area contributed by atoms with Gasteiger partial charge in [-0.3, -0.25) is 13.9 Å². The predicted molar refractivity (Wildman–Crippen MR) is 68.9 cm³/mol. The van der Waals surface area contributed by atoms with Crippen LogP contribution in [0.2, 0.25) is 0 Å². The van der Waals surface area contributed by atoms with E-state index in [-0.39, 0.29) is 6.04 Å². The first-order valence-corrected chi connectivity index (χ1v) is 6.07. The number of aryl methyl sites for hydroxylation is 2. The Bertz CT molecular complexity index is 677. The van der Waals surface area contributed by atoms with Gasteiger partial charge in [-0.15, -0.1) is 10.2 Å². The lowest BCUT2D eigenvalue weighted by Gasteiger charge is -2.13. The van der Waals surface area contributed by atoms with E-state index in [2.05, 4.69) is 20.4 Å². The van der Waals surface area contributed by atoms with Gasteiger partial charge in [-0.2, -0.15) is 10.2 Å². The molecule has 3 aromatic heterocycles. The molecule has 0 N–H and O–H groups in total. The molecule has 19 heavy (non-hydrogen) atoms. The number of rotatable bonds is 3. The fourth-order valence-corrected chi connectivity index (χ4v) is 2.16. The minimum atomic E-state index is 0.00714. The molecule has 3 aromatic rings. The van der Waals surface area contributed by atoms with E-state index in [9.17, 15) is 0 Å². The first-order chi connectivity index (χ1) is 9.16. The molecule has 0 unspecified atom stereocenters. The molecular formula is C12H15N7. The largest absolute Gasteiger partial charge is 0.268 e. The van der Waals surface area contributed by atoms with Crippen LogP contribution in [0.1, 0.15) is 24.5 Å². The van der Waals surface area contributed by atoms with Crippen molar-refractivity contribution < 1.29 is 0 Å². The topological polar surface area (TPSA) is 66.3 Å². The summed E-state index contributed by atoms with van der Waals surface area (Å²) in [5.74, 6) is 1.77. The highest BCUT2D eigenvalue weighted by atomic mass is 15.4. The summed E-state index contributed by atoms with van der Waals surface area (Å²) >= 11 is 0. The van der Waals surface area contributed by atoms with Crippen molar-refractivity contribution in [2.24, 2.45) is 7.05 Å². The first-order valence-electron chi connectivity index (χ1n) is 6.07. The van der Waals surface area contributed by atoms with Crippen LogP contribution >= 0.6 is 0 Å². The summed E-state index contributed by atoms with van der Waals surface area (Å²) in [4.78, 5) is 0. The van der Waals surface area contributed by atoms with Crippen LogP contribution < -0.4 is 0 Å². The van der Waals surface area contributed by atoms with Crippen molar-refractivity contribution in [2.45, 2.75) is 19.9 Å². The summed E-state index contributed by atoms with van der Waals surface area (Å²) in [5.41, 5.74) is 0.962. The van der Waals surface area contributed by atoms with Crippen LogP contribution in [0.5, 0.6) is 0 Å². The molecule has 0 aromatic carbocycles. The highest BCUT2D eigenvalue weighted by molar-refractivity contribution is 5.27. The van der Waals surface area contributed by atoms with Crippen LogP contribution in [0.3, 0.4) is 0 Å². The van der Waals surface area contributed by atoms with Gasteiger partial charge in [0, 0.05) is 25.5 Å². The van der Waals surface area contributed by atoms with Gasteiger partial charge in [-0.1, -0.05) is 0 Å². The van der Waals surface area contributed by atoms with Crippen molar-refractivity contribution in [1.29, 1.82) is 0 Å². The van der Waals surface area contributed by atoms with E-state index in [0.29, 0.717) is 0 Å². The third-order valence-electron chi connectivity index (χ3n) is 3.09. The molecule has 0 bridgehead atoms. The second-order valence-electron chi connectivity index (χ2n) is 4.49. The van der Waals surface area contributed by atoms with E-state index in [1.165, 1.54) is 0 Å². The summed E-state index contributed by atoms with van der Waals surface area (Å²) in [6.45, 7) is 4.00. The summed E-state index contributed by atoms with van der Waals surface area (Å²) in [5, 5.41) is 16.8. The monoisotopic (exact) mass is 257 g/mol. The zero-order valence-electron chi connectivity index (χ0n) is 11.1. The lowest BCUT2D eigenvalue weighted by molar-refractivity contribution is 0.523. The zero-order valence-corrected chi connectivity index (χ0v) is 11.1. The minimum Gasteiger partial charge on any atom is -0.268 e. The molecule has 0 saturated carbocycles. The van der Waals surface area contributed by atoms with E-state index < -0.39 is 0 Å². The lowest BCUT2D eigenvalue weighted by atomic mass is 10.3. The third-order valence-corrected chi connectivity index (χ3v) is 3.09. The molecule has 3 heterocycles. The van der Waals surface area contributed by atoms with Gasteiger partial charge in [0.15, 0.2) is 5.82 Å². The van der Waals surface area contributed by atoms with Crippen LogP contribution in [0.4, 0.5) is 0 Å². The van der Waals surface area contributed by atoms with Gasteiger partial charge in [0.2, 0.25) is 0 Å². The van der Waals surface area contributed by atoms with Crippen molar-refractivity contribution in [3.63, 3.8) is 0 Å². The van der Waals surface area contributed by atoms with Gasteiger partial charge in [0.1, 0.15) is 18.2 Å². The van der Waals surface area contributed by atoms with E-state index in [1.807, 2.05) is 53.2 Å². The number of hydrogen-bond donors (Lipinski definition) is 0. The minimum absolute atomic E-state index is 0.00714. The third kappa shape index (κ3) is 1.92. The van der Waals surface area contributed by atoms with Crippen molar-refractivity contribution in [1.82, 2.24) is 34.3 Å². The maximum atomic E-state index is 4.35. The second kappa shape index (κ2) is 4.34. The fraction of sp³-hybridized carbons (Fsp3) is 0.333. The van der Waals surface area contributed by atoms with Gasteiger partial charge in [-0.25, -0.2) is 0 Å². The normalized spacial score (nSPS) is 12.8. The van der Waals surface area contributed by atoms with E-state index in [1.54, 1.807) is 12.5 Å². The molecule has 0 amide bonds. The molecule has 0 aliphatic rings. The number of aromatic nitrogens is 7. The molecule has 98 valence electrons. The van der Waals surface area contributed by atoms with Crippen LogP contribution in [-0.2, 0) is 7.05 Å². The molecule has 7 heteroatoms. The van der Waals surface area contributed by atoms with Gasteiger partial charge in [-0.05, 0) is 19.9 Å². The second-order valence-corrected chi connectivity index (χ2v) is 4.49. The van der Waals surface area contributed by atoms with E-state index >= 15 is 0 Å². The molecule has 3 rings (SSSR count). The van der Waals surface area contributed by atoms with Crippen molar-refractivity contribution >= 4 is 0 Å². The predicted octanol–water partition coefficient (Wildman–Crippen LogP) is 1.12. The molecule has 1 atom stereocenters. The Morgan fingerprint density at radius 3 is 2.79 bits per heavy atom. The standard InChI is InChI=1S/C12H15N7/c1-9-7-11(17(3)16-9)18-8-13-15-12(18)10(2)19-6-4-5-14-19/h4-8,10H,1-3H3/t10-/m0/s1. The van der Waals surface area contributed by atoms with Gasteiger partial charge in [0.05, 0.1) is 5.69 Å². The van der Waals surface area contributed by atoms with Crippen molar-refractivity contribution in [3.8, 4) is 5.82 Å². The molecule has 7 nitrogen and oxygen atoms in total. The maximum Gasteiger partial charge on any atom is 0.163 e. The van der Waals surface area contributed by atoms with Crippen molar-refractivity contribution in [3.05, 3.63) is 42.4 Å². The van der Waals surface area contributed by atoms with Gasteiger partial charge in [0.25, 0.3) is 0 Å². The molecule has 0 saturated heterocycles.